The minimum Gasteiger partial charge on any atom is -0.493 e. The van der Waals surface area contributed by atoms with E-state index in [1.54, 1.807) is 24.3 Å². The third-order valence-electron chi connectivity index (χ3n) is 5.71. The monoisotopic (exact) mass is 516 g/mol. The molecule has 3 aromatic rings. The fraction of sp³-hybridized carbons (Fsp3) is 0.308. The zero-order valence-electron chi connectivity index (χ0n) is 19.0. The van der Waals surface area contributed by atoms with E-state index >= 15 is 0 Å². The van der Waals surface area contributed by atoms with E-state index in [0.29, 0.717) is 23.1 Å². The molecule has 0 aromatic heterocycles. The molecule has 0 amide bonds. The minimum absolute atomic E-state index is 0.161. The van der Waals surface area contributed by atoms with Gasteiger partial charge in [-0.15, -0.1) is 0 Å². The van der Waals surface area contributed by atoms with E-state index in [1.807, 2.05) is 54.2 Å². The number of ether oxygens (including phenoxy) is 1. The van der Waals surface area contributed by atoms with Gasteiger partial charge in [-0.25, -0.2) is 8.42 Å². The smallest absolute Gasteiger partial charge is 0.264 e. The maximum Gasteiger partial charge on any atom is 0.264 e. The Labute approximate surface area is 211 Å². The molecule has 1 aliphatic heterocycles. The second kappa shape index (κ2) is 12.0. The average Bonchev–Trinajstić information content (AvgIpc) is 2.87. The number of hydrogen-bond donors (Lipinski definition) is 0. The molecule has 3 aromatic carbocycles. The lowest BCUT2D eigenvalue weighted by molar-refractivity contribution is 0.247. The Kier molecular flexibility index (Phi) is 8.78. The largest absolute Gasteiger partial charge is 0.493 e. The van der Waals surface area contributed by atoms with Crippen LogP contribution in [-0.2, 0) is 16.6 Å². The molecule has 0 aliphatic carbocycles. The molecular weight excluding hydrogens is 488 g/mol. The van der Waals surface area contributed by atoms with Crippen molar-refractivity contribution in [2.45, 2.75) is 17.9 Å². The highest BCUT2D eigenvalue weighted by Crippen LogP contribution is 2.29. The summed E-state index contributed by atoms with van der Waals surface area (Å²) in [5.74, 6) is 3.10. The summed E-state index contributed by atoms with van der Waals surface area (Å²) in [6, 6.07) is 23.1. The first-order valence-corrected chi connectivity index (χ1v) is 14.4. The normalized spacial score (nSPS) is 14.6. The van der Waals surface area contributed by atoms with Crippen LogP contribution in [0.15, 0.2) is 83.8 Å². The lowest BCUT2D eigenvalue weighted by Gasteiger charge is -2.26. The molecule has 1 fully saturated rings. The Bertz CT molecular complexity index is 1150. The van der Waals surface area contributed by atoms with E-state index < -0.39 is 10.0 Å². The van der Waals surface area contributed by atoms with E-state index in [1.165, 1.54) is 27.9 Å². The van der Waals surface area contributed by atoms with Crippen LogP contribution in [0.3, 0.4) is 0 Å². The van der Waals surface area contributed by atoms with E-state index in [0.717, 1.165) is 31.6 Å². The first-order valence-electron chi connectivity index (χ1n) is 11.4. The van der Waals surface area contributed by atoms with E-state index in [2.05, 4.69) is 4.90 Å². The highest BCUT2D eigenvalue weighted by atomic mass is 35.5. The number of para-hydroxylation sites is 2. The first-order chi connectivity index (χ1) is 16.5. The molecule has 4 rings (SSSR count). The average molecular weight is 517 g/mol. The zero-order chi connectivity index (χ0) is 23.8. The Morgan fingerprint density at radius 3 is 2.32 bits per heavy atom. The van der Waals surface area contributed by atoms with Gasteiger partial charge in [-0.3, -0.25) is 4.31 Å². The summed E-state index contributed by atoms with van der Waals surface area (Å²) in [6.45, 7) is 4.04. The second-order valence-corrected chi connectivity index (χ2v) is 11.6. The summed E-state index contributed by atoms with van der Waals surface area (Å²) in [6.07, 6.45) is 0.935. The lowest BCUT2D eigenvalue weighted by Crippen LogP contribution is -2.34. The SMILES string of the molecule is O=S(=O)(c1ccc(Cl)cc1)N(Cc1ccccc1OCCCN1CCSCC1)c1ccccc1. The number of hydrogen-bond acceptors (Lipinski definition) is 5. The van der Waals surface area contributed by atoms with Gasteiger partial charge in [0, 0.05) is 41.7 Å². The van der Waals surface area contributed by atoms with Gasteiger partial charge >= 0.3 is 0 Å². The summed E-state index contributed by atoms with van der Waals surface area (Å²) in [7, 11) is -3.82. The van der Waals surface area contributed by atoms with Crippen LogP contribution in [0.25, 0.3) is 0 Å². The topological polar surface area (TPSA) is 49.9 Å². The number of halogens is 1. The van der Waals surface area contributed by atoms with Gasteiger partial charge in [0.05, 0.1) is 23.7 Å². The Balaban J connectivity index is 1.52. The second-order valence-electron chi connectivity index (χ2n) is 8.06. The van der Waals surface area contributed by atoms with E-state index in [4.69, 9.17) is 16.3 Å². The molecule has 0 bridgehead atoms. The fourth-order valence-electron chi connectivity index (χ4n) is 3.87. The summed E-state index contributed by atoms with van der Waals surface area (Å²) in [4.78, 5) is 2.67. The van der Waals surface area contributed by atoms with Gasteiger partial charge in [0.2, 0.25) is 0 Å². The third-order valence-corrected chi connectivity index (χ3v) is 8.69. The van der Waals surface area contributed by atoms with Crippen LogP contribution in [-0.4, -0.2) is 51.1 Å². The van der Waals surface area contributed by atoms with Gasteiger partial charge in [0.25, 0.3) is 10.0 Å². The van der Waals surface area contributed by atoms with Crippen LogP contribution in [0.5, 0.6) is 5.75 Å². The van der Waals surface area contributed by atoms with E-state index in [-0.39, 0.29) is 11.4 Å². The number of sulfonamides is 1. The van der Waals surface area contributed by atoms with Crippen molar-refractivity contribution in [1.29, 1.82) is 0 Å². The number of nitrogens with zero attached hydrogens (tertiary/aromatic N) is 2. The molecule has 0 unspecified atom stereocenters. The van der Waals surface area contributed by atoms with E-state index in [9.17, 15) is 8.42 Å². The molecule has 5 nitrogen and oxygen atoms in total. The molecule has 0 radical (unpaired) electrons. The van der Waals surface area contributed by atoms with Gasteiger partial charge in [0.1, 0.15) is 5.75 Å². The molecule has 180 valence electrons. The predicted molar refractivity (Wildman–Crippen MR) is 142 cm³/mol. The van der Waals surface area contributed by atoms with Gasteiger partial charge in [-0.05, 0) is 48.9 Å². The quantitative estimate of drug-likeness (QED) is 0.330. The molecule has 8 heteroatoms. The molecule has 0 spiro atoms. The van der Waals surface area contributed by atoms with Crippen LogP contribution in [0, 0.1) is 0 Å². The van der Waals surface area contributed by atoms with Gasteiger partial charge in [0.15, 0.2) is 0 Å². The molecule has 0 atom stereocenters. The molecule has 1 aliphatic rings. The molecule has 34 heavy (non-hydrogen) atoms. The van der Waals surface area contributed by atoms with Crippen LogP contribution < -0.4 is 9.04 Å². The van der Waals surface area contributed by atoms with Crippen molar-refractivity contribution in [2.24, 2.45) is 0 Å². The highest BCUT2D eigenvalue weighted by Gasteiger charge is 2.26. The maximum absolute atomic E-state index is 13.6. The fourth-order valence-corrected chi connectivity index (χ4v) is 6.42. The van der Waals surface area contributed by atoms with Crippen LogP contribution in [0.4, 0.5) is 5.69 Å². The molecule has 1 saturated heterocycles. The van der Waals surface area contributed by atoms with Crippen LogP contribution >= 0.6 is 23.4 Å². The first kappa shape index (κ1) is 24.9. The molecule has 1 heterocycles. The number of benzene rings is 3. The van der Waals surface area contributed by atoms with Crippen molar-refractivity contribution in [3.63, 3.8) is 0 Å². The van der Waals surface area contributed by atoms with Gasteiger partial charge < -0.3 is 9.64 Å². The van der Waals surface area contributed by atoms with Gasteiger partial charge in [-0.1, -0.05) is 48.0 Å². The van der Waals surface area contributed by atoms with Crippen molar-refractivity contribution in [1.82, 2.24) is 4.90 Å². The summed E-state index contributed by atoms with van der Waals surface area (Å²) in [5, 5.41) is 0.493. The van der Waals surface area contributed by atoms with Crippen LogP contribution in [0.2, 0.25) is 5.02 Å². The Morgan fingerprint density at radius 2 is 1.59 bits per heavy atom. The van der Waals surface area contributed by atoms with Crippen molar-refractivity contribution in [3.05, 3.63) is 89.4 Å². The third kappa shape index (κ3) is 6.48. The van der Waals surface area contributed by atoms with Crippen LogP contribution in [0.1, 0.15) is 12.0 Å². The Hall–Kier alpha value is -2.19. The lowest BCUT2D eigenvalue weighted by atomic mass is 10.2. The molecule has 0 N–H and O–H groups in total. The zero-order valence-corrected chi connectivity index (χ0v) is 21.4. The number of anilines is 1. The minimum atomic E-state index is -3.82. The summed E-state index contributed by atoms with van der Waals surface area (Å²) < 4.78 is 34.8. The predicted octanol–water partition coefficient (Wildman–Crippen LogP) is 5.55. The summed E-state index contributed by atoms with van der Waals surface area (Å²) in [5.41, 5.74) is 1.41. The molecule has 0 saturated carbocycles. The molecular formula is C26H29ClN2O3S2. The standard InChI is InChI=1S/C26H29ClN2O3S2/c27-23-11-13-25(14-12-23)34(30,31)29(24-8-2-1-3-9-24)21-22-7-4-5-10-26(22)32-18-6-15-28-16-19-33-20-17-28/h1-5,7-14H,6,15-21H2. The number of rotatable bonds is 10. The van der Waals surface area contributed by atoms with Crippen molar-refractivity contribution in [3.8, 4) is 5.75 Å². The van der Waals surface area contributed by atoms with Crippen molar-refractivity contribution < 1.29 is 13.2 Å². The van der Waals surface area contributed by atoms with Crippen molar-refractivity contribution >= 4 is 39.1 Å². The van der Waals surface area contributed by atoms with Crippen molar-refractivity contribution in [2.75, 3.05) is 42.1 Å². The van der Waals surface area contributed by atoms with Gasteiger partial charge in [-0.2, -0.15) is 11.8 Å². The Morgan fingerprint density at radius 1 is 0.912 bits per heavy atom. The number of thioether (sulfide) groups is 1. The summed E-state index contributed by atoms with van der Waals surface area (Å²) >= 11 is 8.00. The maximum atomic E-state index is 13.6. The highest BCUT2D eigenvalue weighted by molar-refractivity contribution is 7.99.